The number of aryl methyl sites for hydroxylation is 2. The Kier molecular flexibility index (Phi) is 3.63. The van der Waals surface area contributed by atoms with Gasteiger partial charge in [0.1, 0.15) is 4.83 Å². The van der Waals surface area contributed by atoms with Crippen molar-refractivity contribution in [3.63, 3.8) is 0 Å². The van der Waals surface area contributed by atoms with E-state index >= 15 is 0 Å². The summed E-state index contributed by atoms with van der Waals surface area (Å²) < 4.78 is 1.64. The lowest BCUT2D eigenvalue weighted by Crippen LogP contribution is -2.27. The number of rotatable bonds is 3. The number of nitrogens with one attached hydrogen (secondary N) is 1. The third-order valence-electron chi connectivity index (χ3n) is 4.39. The highest BCUT2D eigenvalue weighted by atomic mass is 32.1. The maximum Gasteiger partial charge on any atom is 0.264 e. The summed E-state index contributed by atoms with van der Waals surface area (Å²) in [5, 5.41) is 0.791. The van der Waals surface area contributed by atoms with Gasteiger partial charge in [0.25, 0.3) is 5.56 Å². The molecule has 0 bridgehead atoms. The molecule has 1 aliphatic carbocycles. The van der Waals surface area contributed by atoms with E-state index in [1.165, 1.54) is 16.9 Å². The number of hydrogen-bond acceptors (Lipinski definition) is 5. The van der Waals surface area contributed by atoms with Crippen molar-refractivity contribution in [1.29, 1.82) is 0 Å². The molecule has 0 radical (unpaired) electrons. The van der Waals surface area contributed by atoms with Crippen LogP contribution in [0.25, 0.3) is 10.2 Å². The third kappa shape index (κ3) is 2.44. The van der Waals surface area contributed by atoms with Crippen molar-refractivity contribution in [3.05, 3.63) is 56.7 Å². The van der Waals surface area contributed by atoms with Crippen LogP contribution in [0, 0.1) is 0 Å². The number of nitrogens with zero attached hydrogens (tertiary/aromatic N) is 2. The lowest BCUT2D eigenvalue weighted by atomic mass is 9.97. The SMILES string of the molecule is NNc1nc2sc3c(c2c(=O)n1Cc1ccccc1)CCCC3. The fourth-order valence-corrected chi connectivity index (χ4v) is 4.51. The van der Waals surface area contributed by atoms with Crippen LogP contribution in [-0.4, -0.2) is 9.55 Å². The van der Waals surface area contributed by atoms with Crippen LogP contribution in [-0.2, 0) is 19.4 Å². The topological polar surface area (TPSA) is 72.9 Å². The zero-order chi connectivity index (χ0) is 15.8. The van der Waals surface area contributed by atoms with E-state index in [2.05, 4.69) is 10.4 Å². The minimum Gasteiger partial charge on any atom is -0.294 e. The fourth-order valence-electron chi connectivity index (χ4n) is 3.26. The summed E-state index contributed by atoms with van der Waals surface area (Å²) in [7, 11) is 0. The maximum absolute atomic E-state index is 13.1. The average molecular weight is 326 g/mol. The van der Waals surface area contributed by atoms with Gasteiger partial charge in [-0.15, -0.1) is 11.3 Å². The molecule has 0 spiro atoms. The molecule has 3 N–H and O–H groups in total. The average Bonchev–Trinajstić information content (AvgIpc) is 2.96. The Balaban J connectivity index is 1.92. The van der Waals surface area contributed by atoms with Crippen LogP contribution in [0.3, 0.4) is 0 Å². The van der Waals surface area contributed by atoms with E-state index in [-0.39, 0.29) is 5.56 Å². The first-order valence-corrected chi connectivity index (χ1v) is 8.65. The number of anilines is 1. The molecule has 6 heteroatoms. The predicted molar refractivity (Wildman–Crippen MR) is 93.9 cm³/mol. The molecule has 0 saturated carbocycles. The van der Waals surface area contributed by atoms with Gasteiger partial charge in [-0.05, 0) is 36.8 Å². The number of thiophene rings is 1. The molecule has 118 valence electrons. The van der Waals surface area contributed by atoms with E-state index in [0.29, 0.717) is 12.5 Å². The monoisotopic (exact) mass is 326 g/mol. The standard InChI is InChI=1S/C17H18N4OS/c18-20-17-19-15-14(12-8-4-5-9-13(12)23-15)16(22)21(17)10-11-6-2-1-3-7-11/h1-3,6-7H,4-5,8-10,18H2,(H,19,20). The van der Waals surface area contributed by atoms with E-state index in [0.717, 1.165) is 35.0 Å². The van der Waals surface area contributed by atoms with Crippen LogP contribution in [0.5, 0.6) is 0 Å². The maximum atomic E-state index is 13.1. The molecule has 3 aromatic rings. The van der Waals surface area contributed by atoms with Gasteiger partial charge in [-0.25, -0.2) is 10.8 Å². The second kappa shape index (κ2) is 5.79. The van der Waals surface area contributed by atoms with Crippen molar-refractivity contribution in [2.75, 3.05) is 5.43 Å². The fraction of sp³-hybridized carbons (Fsp3) is 0.294. The second-order valence-electron chi connectivity index (χ2n) is 5.85. The first-order chi connectivity index (χ1) is 11.3. The van der Waals surface area contributed by atoms with Crippen molar-refractivity contribution >= 4 is 27.5 Å². The highest BCUT2D eigenvalue weighted by Crippen LogP contribution is 2.34. The summed E-state index contributed by atoms with van der Waals surface area (Å²) in [5.41, 5.74) is 4.85. The van der Waals surface area contributed by atoms with Crippen molar-refractivity contribution in [1.82, 2.24) is 9.55 Å². The number of hydrazine groups is 1. The number of benzene rings is 1. The molecule has 1 aromatic carbocycles. The van der Waals surface area contributed by atoms with Crippen LogP contribution in [0.4, 0.5) is 5.95 Å². The van der Waals surface area contributed by atoms with E-state index < -0.39 is 0 Å². The van der Waals surface area contributed by atoms with Gasteiger partial charge in [0.05, 0.1) is 11.9 Å². The highest BCUT2D eigenvalue weighted by Gasteiger charge is 2.21. The second-order valence-corrected chi connectivity index (χ2v) is 6.93. The number of nitrogen functional groups attached to an aromatic ring is 1. The molecule has 0 aliphatic heterocycles. The highest BCUT2D eigenvalue weighted by molar-refractivity contribution is 7.18. The molecule has 23 heavy (non-hydrogen) atoms. The van der Waals surface area contributed by atoms with E-state index in [4.69, 9.17) is 5.84 Å². The normalized spacial score (nSPS) is 14.0. The van der Waals surface area contributed by atoms with Gasteiger partial charge >= 0.3 is 0 Å². The van der Waals surface area contributed by atoms with Gasteiger partial charge < -0.3 is 0 Å². The van der Waals surface area contributed by atoms with Crippen LogP contribution < -0.4 is 16.8 Å². The quantitative estimate of drug-likeness (QED) is 0.573. The molecule has 4 rings (SSSR count). The van der Waals surface area contributed by atoms with Gasteiger partial charge in [-0.2, -0.15) is 0 Å². The van der Waals surface area contributed by atoms with Crippen molar-refractivity contribution in [2.24, 2.45) is 5.84 Å². The summed E-state index contributed by atoms with van der Waals surface area (Å²) in [6.07, 6.45) is 4.38. The van der Waals surface area contributed by atoms with Crippen molar-refractivity contribution in [2.45, 2.75) is 32.2 Å². The minimum atomic E-state index is 0.00574. The molecule has 2 heterocycles. The Bertz CT molecular complexity index is 914. The molecule has 2 aromatic heterocycles. The molecule has 1 aliphatic rings. The molecule has 0 fully saturated rings. The number of aromatic nitrogens is 2. The Hall–Kier alpha value is -2.18. The Morgan fingerprint density at radius 1 is 1.22 bits per heavy atom. The Morgan fingerprint density at radius 3 is 2.78 bits per heavy atom. The molecular formula is C17H18N4OS. The van der Waals surface area contributed by atoms with E-state index in [1.54, 1.807) is 15.9 Å². The predicted octanol–water partition coefficient (Wildman–Crippen LogP) is 2.67. The summed E-state index contributed by atoms with van der Waals surface area (Å²) in [4.78, 5) is 19.8. The number of hydrogen-bond donors (Lipinski definition) is 2. The minimum absolute atomic E-state index is 0.00574. The van der Waals surface area contributed by atoms with Gasteiger partial charge in [-0.3, -0.25) is 14.8 Å². The van der Waals surface area contributed by atoms with Gasteiger partial charge in [-0.1, -0.05) is 30.3 Å². The first-order valence-electron chi connectivity index (χ1n) is 7.83. The van der Waals surface area contributed by atoms with Crippen LogP contribution in [0.15, 0.2) is 35.1 Å². The van der Waals surface area contributed by atoms with Gasteiger partial charge in [0, 0.05) is 4.88 Å². The largest absolute Gasteiger partial charge is 0.294 e. The molecule has 5 nitrogen and oxygen atoms in total. The molecule has 0 unspecified atom stereocenters. The number of fused-ring (bicyclic) bond motifs is 3. The van der Waals surface area contributed by atoms with Crippen LogP contribution in [0.2, 0.25) is 0 Å². The van der Waals surface area contributed by atoms with Gasteiger partial charge in [0.15, 0.2) is 0 Å². The summed E-state index contributed by atoms with van der Waals surface area (Å²) in [6.45, 7) is 0.465. The summed E-state index contributed by atoms with van der Waals surface area (Å²) in [5.74, 6) is 6.04. The molecule has 0 atom stereocenters. The van der Waals surface area contributed by atoms with E-state index in [9.17, 15) is 4.79 Å². The van der Waals surface area contributed by atoms with E-state index in [1.807, 2.05) is 30.3 Å². The lowest BCUT2D eigenvalue weighted by molar-refractivity contribution is 0.697. The molecular weight excluding hydrogens is 308 g/mol. The van der Waals surface area contributed by atoms with Crippen molar-refractivity contribution in [3.8, 4) is 0 Å². The lowest BCUT2D eigenvalue weighted by Gasteiger charge is -2.13. The Labute approximate surface area is 137 Å². The Morgan fingerprint density at radius 2 is 2.00 bits per heavy atom. The third-order valence-corrected chi connectivity index (χ3v) is 5.57. The summed E-state index contributed by atoms with van der Waals surface area (Å²) >= 11 is 1.64. The van der Waals surface area contributed by atoms with Crippen LogP contribution >= 0.6 is 11.3 Å². The first kappa shape index (κ1) is 14.4. The smallest absolute Gasteiger partial charge is 0.264 e. The summed E-state index contributed by atoms with van der Waals surface area (Å²) in [6, 6.07) is 9.90. The van der Waals surface area contributed by atoms with Crippen LogP contribution in [0.1, 0.15) is 28.8 Å². The molecule has 0 saturated heterocycles. The van der Waals surface area contributed by atoms with Crippen molar-refractivity contribution < 1.29 is 0 Å². The van der Waals surface area contributed by atoms with Gasteiger partial charge in [0.2, 0.25) is 5.95 Å². The zero-order valence-corrected chi connectivity index (χ0v) is 13.5. The zero-order valence-electron chi connectivity index (χ0n) is 12.7. The number of nitrogens with two attached hydrogens (primary N) is 1. The molecule has 0 amide bonds.